The van der Waals surface area contributed by atoms with Gasteiger partial charge in [-0.3, -0.25) is 0 Å². The van der Waals surface area contributed by atoms with Gasteiger partial charge in [-0.05, 0) is 49.1 Å². The van der Waals surface area contributed by atoms with Crippen molar-refractivity contribution in [3.05, 3.63) is 63.7 Å². The highest BCUT2D eigenvalue weighted by Gasteiger charge is 2.19. The molecule has 4 heteroatoms. The van der Waals surface area contributed by atoms with Crippen LogP contribution in [0.5, 0.6) is 5.75 Å². The van der Waals surface area contributed by atoms with Crippen LogP contribution < -0.4 is 4.74 Å². The normalized spacial score (nSPS) is 12.3. The van der Waals surface area contributed by atoms with E-state index in [1.807, 2.05) is 26.0 Å². The molecule has 21 heavy (non-hydrogen) atoms. The van der Waals surface area contributed by atoms with Gasteiger partial charge in [0.25, 0.3) is 0 Å². The van der Waals surface area contributed by atoms with Crippen LogP contribution in [0.3, 0.4) is 0 Å². The fourth-order valence-electron chi connectivity index (χ4n) is 2.51. The second kappa shape index (κ2) is 6.02. The lowest BCUT2D eigenvalue weighted by Crippen LogP contribution is -2.02. The van der Waals surface area contributed by atoms with Crippen molar-refractivity contribution < 1.29 is 13.5 Å². The largest absolute Gasteiger partial charge is 0.496 e. The molecular weight excluding hydrogens is 294 g/mol. The van der Waals surface area contributed by atoms with Crippen LogP contribution in [-0.2, 0) is 0 Å². The van der Waals surface area contributed by atoms with E-state index in [2.05, 4.69) is 0 Å². The Balaban J connectivity index is 2.50. The van der Waals surface area contributed by atoms with Crippen molar-refractivity contribution in [2.75, 3.05) is 7.11 Å². The Hall–Kier alpha value is -1.61. The third-order valence-electron chi connectivity index (χ3n) is 3.53. The summed E-state index contributed by atoms with van der Waals surface area (Å²) in [4.78, 5) is 0. The predicted octanol–water partition coefficient (Wildman–Crippen LogP) is 5.23. The maximum atomic E-state index is 14.0. The number of halogens is 3. The number of alkyl halides is 1. The zero-order chi connectivity index (χ0) is 15.7. The first-order valence-corrected chi connectivity index (χ1v) is 7.03. The predicted molar refractivity (Wildman–Crippen MR) is 81.3 cm³/mol. The van der Waals surface area contributed by atoms with E-state index in [0.717, 1.165) is 28.5 Å². The monoisotopic (exact) mass is 310 g/mol. The molecule has 0 saturated heterocycles. The molecule has 0 fully saturated rings. The highest BCUT2D eigenvalue weighted by atomic mass is 35.5. The molecule has 0 saturated carbocycles. The number of aryl methyl sites for hydroxylation is 3. The Morgan fingerprint density at radius 2 is 1.48 bits per heavy atom. The molecule has 2 rings (SSSR count). The van der Waals surface area contributed by atoms with E-state index in [9.17, 15) is 8.78 Å². The van der Waals surface area contributed by atoms with Crippen molar-refractivity contribution in [1.29, 1.82) is 0 Å². The number of hydrogen-bond donors (Lipinski definition) is 0. The van der Waals surface area contributed by atoms with Gasteiger partial charge in [0.2, 0.25) is 0 Å². The molecule has 0 heterocycles. The molecule has 0 aromatic heterocycles. The Labute approximate surface area is 128 Å². The lowest BCUT2D eigenvalue weighted by Gasteiger charge is -2.16. The van der Waals surface area contributed by atoms with Crippen molar-refractivity contribution in [1.82, 2.24) is 0 Å². The van der Waals surface area contributed by atoms with Gasteiger partial charge in [0.05, 0.1) is 12.5 Å². The molecule has 0 spiro atoms. The Morgan fingerprint density at radius 3 is 2.00 bits per heavy atom. The minimum Gasteiger partial charge on any atom is -0.496 e. The Bertz CT molecular complexity index is 660. The molecule has 0 N–H and O–H groups in total. The Morgan fingerprint density at radius 1 is 0.905 bits per heavy atom. The van der Waals surface area contributed by atoms with E-state index in [-0.39, 0.29) is 5.56 Å². The van der Waals surface area contributed by atoms with Crippen molar-refractivity contribution in [2.24, 2.45) is 0 Å². The summed E-state index contributed by atoms with van der Waals surface area (Å²) in [5.41, 5.74) is 3.27. The van der Waals surface area contributed by atoms with Gasteiger partial charge in [-0.1, -0.05) is 12.1 Å². The molecule has 2 aromatic rings. The summed E-state index contributed by atoms with van der Waals surface area (Å²) >= 11 is 6.40. The van der Waals surface area contributed by atoms with Crippen LogP contribution in [0, 0.1) is 32.4 Å². The summed E-state index contributed by atoms with van der Waals surface area (Å²) in [5.74, 6) is -0.412. The zero-order valence-electron chi connectivity index (χ0n) is 12.4. The lowest BCUT2D eigenvalue weighted by molar-refractivity contribution is 0.408. The topological polar surface area (TPSA) is 9.23 Å². The van der Waals surface area contributed by atoms with Crippen LogP contribution >= 0.6 is 11.6 Å². The summed E-state index contributed by atoms with van der Waals surface area (Å²) in [6, 6.07) is 6.06. The molecule has 0 amide bonds. The highest BCUT2D eigenvalue weighted by Crippen LogP contribution is 2.35. The van der Waals surface area contributed by atoms with Crippen molar-refractivity contribution in [3.8, 4) is 5.75 Å². The van der Waals surface area contributed by atoms with E-state index in [1.165, 1.54) is 6.07 Å². The van der Waals surface area contributed by atoms with Gasteiger partial charge >= 0.3 is 0 Å². The molecule has 0 bridgehead atoms. The molecule has 0 aliphatic carbocycles. The minimum absolute atomic E-state index is 0.277. The quantitative estimate of drug-likeness (QED) is 0.706. The van der Waals surface area contributed by atoms with Gasteiger partial charge in [-0.25, -0.2) is 8.78 Å². The van der Waals surface area contributed by atoms with E-state index in [0.29, 0.717) is 5.56 Å². The fraction of sp³-hybridized carbons (Fsp3) is 0.294. The van der Waals surface area contributed by atoms with Gasteiger partial charge < -0.3 is 4.74 Å². The summed E-state index contributed by atoms with van der Waals surface area (Å²) in [6.07, 6.45) is 0. The van der Waals surface area contributed by atoms with Gasteiger partial charge in [0.1, 0.15) is 17.4 Å². The Kier molecular flexibility index (Phi) is 4.52. The fourth-order valence-corrected chi connectivity index (χ4v) is 2.80. The molecule has 1 nitrogen and oxygen atoms in total. The highest BCUT2D eigenvalue weighted by molar-refractivity contribution is 6.22. The molecule has 1 atom stereocenters. The van der Waals surface area contributed by atoms with Crippen LogP contribution in [0.1, 0.15) is 33.2 Å². The standard InChI is InChI=1S/C17H17ClF2O/c1-9-7-13(15(20)8-14(9)19)16(18)12-5-10(2)17(21-4)11(3)6-12/h5-8,16H,1-4H3. The van der Waals surface area contributed by atoms with Crippen molar-refractivity contribution in [2.45, 2.75) is 26.1 Å². The number of rotatable bonds is 3. The third-order valence-corrected chi connectivity index (χ3v) is 4.02. The van der Waals surface area contributed by atoms with Crippen molar-refractivity contribution in [3.63, 3.8) is 0 Å². The van der Waals surface area contributed by atoms with Gasteiger partial charge in [-0.15, -0.1) is 11.6 Å². The van der Waals surface area contributed by atoms with Crippen LogP contribution in [-0.4, -0.2) is 7.11 Å². The SMILES string of the molecule is COc1c(C)cc(C(Cl)c2cc(C)c(F)cc2F)cc1C. The summed E-state index contributed by atoms with van der Waals surface area (Å²) < 4.78 is 32.6. The maximum Gasteiger partial charge on any atom is 0.131 e. The molecule has 2 aromatic carbocycles. The lowest BCUT2D eigenvalue weighted by atomic mass is 9.98. The average Bonchev–Trinajstić information content (AvgIpc) is 2.41. The van der Waals surface area contributed by atoms with Gasteiger partial charge in [-0.2, -0.15) is 0 Å². The maximum absolute atomic E-state index is 14.0. The van der Waals surface area contributed by atoms with Gasteiger partial charge in [0.15, 0.2) is 0 Å². The third kappa shape index (κ3) is 3.03. The van der Waals surface area contributed by atoms with E-state index in [4.69, 9.17) is 16.3 Å². The number of hydrogen-bond acceptors (Lipinski definition) is 1. The molecular formula is C17H17ClF2O. The summed E-state index contributed by atoms with van der Waals surface area (Å²) in [7, 11) is 1.61. The van der Waals surface area contributed by atoms with Crippen LogP contribution in [0.25, 0.3) is 0 Å². The number of benzene rings is 2. The average molecular weight is 311 g/mol. The smallest absolute Gasteiger partial charge is 0.131 e. The minimum atomic E-state index is -0.674. The molecule has 0 aliphatic heterocycles. The van der Waals surface area contributed by atoms with E-state index in [1.54, 1.807) is 14.0 Å². The van der Waals surface area contributed by atoms with Crippen LogP contribution in [0.4, 0.5) is 8.78 Å². The van der Waals surface area contributed by atoms with E-state index < -0.39 is 17.0 Å². The molecule has 1 unspecified atom stereocenters. The second-order valence-electron chi connectivity index (χ2n) is 5.17. The summed E-state index contributed by atoms with van der Waals surface area (Å²) in [6.45, 7) is 5.41. The molecule has 112 valence electrons. The zero-order valence-corrected chi connectivity index (χ0v) is 13.2. The molecule has 0 aliphatic rings. The first kappa shape index (κ1) is 15.8. The molecule has 0 radical (unpaired) electrons. The van der Waals surface area contributed by atoms with Crippen LogP contribution in [0.2, 0.25) is 0 Å². The number of ether oxygens (including phenoxy) is 1. The first-order chi connectivity index (χ1) is 9.85. The number of methoxy groups -OCH3 is 1. The summed E-state index contributed by atoms with van der Waals surface area (Å²) in [5, 5.41) is -0.674. The second-order valence-corrected chi connectivity index (χ2v) is 5.61. The van der Waals surface area contributed by atoms with Gasteiger partial charge in [0, 0.05) is 11.6 Å². The van der Waals surface area contributed by atoms with Crippen molar-refractivity contribution >= 4 is 11.6 Å². The first-order valence-electron chi connectivity index (χ1n) is 6.60. The van der Waals surface area contributed by atoms with Crippen LogP contribution in [0.15, 0.2) is 24.3 Å². The van der Waals surface area contributed by atoms with E-state index >= 15 is 0 Å².